The van der Waals surface area contributed by atoms with Crippen LogP contribution in [0.15, 0.2) is 10.2 Å². The molecule has 2 atom stereocenters. The van der Waals surface area contributed by atoms with Crippen molar-refractivity contribution in [2.24, 2.45) is 16.0 Å². The van der Waals surface area contributed by atoms with Gasteiger partial charge in [-0.15, -0.1) is 0 Å². The highest BCUT2D eigenvalue weighted by atomic mass is 16.2. The van der Waals surface area contributed by atoms with Gasteiger partial charge in [0.05, 0.1) is 0 Å². The Labute approximate surface area is 129 Å². The highest BCUT2D eigenvalue weighted by Gasteiger charge is 2.37. The average Bonchev–Trinajstić information content (AvgIpc) is 2.49. The van der Waals surface area contributed by atoms with E-state index < -0.39 is 12.1 Å². The first-order chi connectivity index (χ1) is 10.5. The van der Waals surface area contributed by atoms with Gasteiger partial charge in [0, 0.05) is 39.3 Å². The van der Waals surface area contributed by atoms with Crippen molar-refractivity contribution < 1.29 is 9.59 Å². The molecule has 0 radical (unpaired) electrons. The van der Waals surface area contributed by atoms with Crippen molar-refractivity contribution in [3.8, 4) is 0 Å². The lowest BCUT2D eigenvalue weighted by molar-refractivity contribution is -0.0165. The molecule has 2 aliphatic heterocycles. The molecule has 0 spiro atoms. The summed E-state index contributed by atoms with van der Waals surface area (Å²) < 4.78 is 0. The number of nitrogens with one attached hydrogen (secondary N) is 2. The molecular weight excluding hydrogens is 288 g/mol. The Balaban J connectivity index is 2.22. The van der Waals surface area contributed by atoms with Crippen molar-refractivity contribution in [2.75, 3.05) is 53.4 Å². The zero-order chi connectivity index (χ0) is 16.1. The number of primary amides is 1. The molecule has 4 amide bonds. The molecule has 0 aromatic rings. The Kier molecular flexibility index (Phi) is 5.77. The Hall–Kier alpha value is -1.62. The number of hydrogen-bond donors (Lipinski definition) is 3. The van der Waals surface area contributed by atoms with E-state index >= 15 is 0 Å². The van der Waals surface area contributed by atoms with E-state index in [2.05, 4.69) is 30.7 Å². The summed E-state index contributed by atoms with van der Waals surface area (Å²) in [5.41, 5.74) is 4.94. The number of amides is 4. The lowest BCUT2D eigenvalue weighted by Gasteiger charge is -2.47. The number of hydrogen-bond acceptors (Lipinski definition) is 6. The minimum atomic E-state index is -0.974. The van der Waals surface area contributed by atoms with Crippen LogP contribution in [0.5, 0.6) is 0 Å². The molecular formula is C12H24N8O2. The number of likely N-dealkylation sites (N-methyl/N-ethyl adjacent to an activating group) is 2. The van der Waals surface area contributed by atoms with Crippen molar-refractivity contribution in [3.63, 3.8) is 0 Å². The van der Waals surface area contributed by atoms with Gasteiger partial charge >= 0.3 is 12.1 Å². The summed E-state index contributed by atoms with van der Waals surface area (Å²) in [6.07, 6.45) is -0.305. The summed E-state index contributed by atoms with van der Waals surface area (Å²) in [6.45, 7) is 4.67. The molecule has 0 bridgehead atoms. The zero-order valence-corrected chi connectivity index (χ0v) is 13.0. The second-order valence-corrected chi connectivity index (χ2v) is 5.56. The third kappa shape index (κ3) is 3.97. The first kappa shape index (κ1) is 16.7. The van der Waals surface area contributed by atoms with Crippen molar-refractivity contribution in [1.82, 2.24) is 25.3 Å². The quantitative estimate of drug-likeness (QED) is 0.543. The molecule has 2 saturated heterocycles. The topological polar surface area (TPSA) is 119 Å². The molecule has 10 nitrogen and oxygen atoms in total. The normalized spacial score (nSPS) is 27.9. The Morgan fingerprint density at radius 3 is 1.95 bits per heavy atom. The van der Waals surface area contributed by atoms with E-state index in [0.717, 1.165) is 26.2 Å². The van der Waals surface area contributed by atoms with E-state index in [1.54, 1.807) is 4.90 Å². The lowest BCUT2D eigenvalue weighted by atomic mass is 10.2. The SMILES string of the molecule is CN1CCNCC1N(C(=O)N=NC(N)=O)C1CNCCN1C. The number of piperazine rings is 2. The fraction of sp³-hybridized carbons (Fsp3) is 0.833. The van der Waals surface area contributed by atoms with Gasteiger partial charge < -0.3 is 16.4 Å². The molecule has 2 heterocycles. The largest absolute Gasteiger partial charge is 0.364 e. The number of carbonyl (C=O) groups excluding carboxylic acids is 2. The molecule has 4 N–H and O–H groups in total. The number of urea groups is 2. The van der Waals surface area contributed by atoms with E-state index in [0.29, 0.717) is 13.1 Å². The third-order valence-electron chi connectivity index (χ3n) is 4.05. The lowest BCUT2D eigenvalue weighted by Crippen LogP contribution is -2.67. The van der Waals surface area contributed by atoms with Crippen LogP contribution >= 0.6 is 0 Å². The van der Waals surface area contributed by atoms with Gasteiger partial charge in [-0.3, -0.25) is 14.7 Å². The van der Waals surface area contributed by atoms with Gasteiger partial charge in [-0.05, 0) is 14.1 Å². The van der Waals surface area contributed by atoms with Gasteiger partial charge in [-0.2, -0.15) is 0 Å². The third-order valence-corrected chi connectivity index (χ3v) is 4.05. The maximum absolute atomic E-state index is 12.5. The van der Waals surface area contributed by atoms with Crippen molar-refractivity contribution in [1.29, 1.82) is 0 Å². The zero-order valence-electron chi connectivity index (χ0n) is 13.0. The molecule has 0 saturated carbocycles. The van der Waals surface area contributed by atoms with E-state index in [-0.39, 0.29) is 12.3 Å². The molecule has 2 unspecified atom stereocenters. The number of azo groups is 1. The molecule has 10 heteroatoms. The standard InChI is InChI=1S/C12H24N8O2/c1-18-5-3-14-7-9(18)20(12(22)17-16-11(13)21)10-8-15-4-6-19(10)2/h9-10,14-15H,3-8H2,1-2H3,(H2,13,21). The Bertz CT molecular complexity index is 421. The first-order valence-electron chi connectivity index (χ1n) is 7.36. The van der Waals surface area contributed by atoms with Gasteiger partial charge in [-0.1, -0.05) is 10.2 Å². The Morgan fingerprint density at radius 2 is 1.55 bits per heavy atom. The van der Waals surface area contributed by atoms with Crippen LogP contribution in [0.2, 0.25) is 0 Å². The van der Waals surface area contributed by atoms with Crippen molar-refractivity contribution >= 4 is 12.1 Å². The number of carbonyl (C=O) groups is 2. The molecule has 0 aliphatic carbocycles. The van der Waals surface area contributed by atoms with E-state index in [4.69, 9.17) is 5.73 Å². The number of rotatable bonds is 2. The van der Waals surface area contributed by atoms with Crippen molar-refractivity contribution in [2.45, 2.75) is 12.3 Å². The van der Waals surface area contributed by atoms with E-state index in [1.807, 2.05) is 14.1 Å². The van der Waals surface area contributed by atoms with Crippen LogP contribution in [-0.4, -0.2) is 92.5 Å². The maximum Gasteiger partial charge on any atom is 0.364 e. The fourth-order valence-electron chi connectivity index (χ4n) is 2.80. The first-order valence-corrected chi connectivity index (χ1v) is 7.36. The average molecular weight is 312 g/mol. The number of nitrogens with two attached hydrogens (primary N) is 1. The van der Waals surface area contributed by atoms with Crippen LogP contribution in [0.3, 0.4) is 0 Å². The predicted molar refractivity (Wildman–Crippen MR) is 80.2 cm³/mol. The van der Waals surface area contributed by atoms with Crippen LogP contribution in [-0.2, 0) is 0 Å². The Morgan fingerprint density at radius 1 is 1.05 bits per heavy atom. The highest BCUT2D eigenvalue weighted by molar-refractivity contribution is 5.79. The molecule has 2 fully saturated rings. The van der Waals surface area contributed by atoms with E-state index in [9.17, 15) is 9.59 Å². The summed E-state index contributed by atoms with van der Waals surface area (Å²) in [5.74, 6) is 0. The fourth-order valence-corrected chi connectivity index (χ4v) is 2.80. The van der Waals surface area contributed by atoms with Gasteiger partial charge in [0.2, 0.25) is 0 Å². The van der Waals surface area contributed by atoms with Gasteiger partial charge in [0.15, 0.2) is 0 Å². The predicted octanol–water partition coefficient (Wildman–Crippen LogP) is -1.34. The number of nitrogens with zero attached hydrogens (tertiary/aromatic N) is 5. The smallest absolute Gasteiger partial charge is 0.348 e. The maximum atomic E-state index is 12.5. The second kappa shape index (κ2) is 7.58. The monoisotopic (exact) mass is 312 g/mol. The summed E-state index contributed by atoms with van der Waals surface area (Å²) >= 11 is 0. The van der Waals surface area contributed by atoms with Crippen LogP contribution in [0.1, 0.15) is 0 Å². The minimum absolute atomic E-state index is 0.152. The van der Waals surface area contributed by atoms with Crippen LogP contribution in [0.4, 0.5) is 9.59 Å². The van der Waals surface area contributed by atoms with Crippen LogP contribution < -0.4 is 16.4 Å². The summed E-state index contributed by atoms with van der Waals surface area (Å²) in [7, 11) is 3.93. The van der Waals surface area contributed by atoms with E-state index in [1.165, 1.54) is 0 Å². The summed E-state index contributed by atoms with van der Waals surface area (Å²) in [4.78, 5) is 29.1. The van der Waals surface area contributed by atoms with Gasteiger partial charge in [0.25, 0.3) is 0 Å². The van der Waals surface area contributed by atoms with Crippen LogP contribution in [0.25, 0.3) is 0 Å². The van der Waals surface area contributed by atoms with Crippen LogP contribution in [0, 0.1) is 0 Å². The molecule has 2 rings (SSSR count). The molecule has 0 aromatic carbocycles. The highest BCUT2D eigenvalue weighted by Crippen LogP contribution is 2.16. The van der Waals surface area contributed by atoms with Crippen molar-refractivity contribution in [3.05, 3.63) is 0 Å². The molecule has 0 aromatic heterocycles. The molecule has 2 aliphatic rings. The molecule has 22 heavy (non-hydrogen) atoms. The molecule has 124 valence electrons. The summed E-state index contributed by atoms with van der Waals surface area (Å²) in [5, 5.41) is 13.2. The summed E-state index contributed by atoms with van der Waals surface area (Å²) in [6, 6.07) is -1.53. The minimum Gasteiger partial charge on any atom is -0.348 e. The van der Waals surface area contributed by atoms with Gasteiger partial charge in [-0.25, -0.2) is 9.59 Å². The van der Waals surface area contributed by atoms with Gasteiger partial charge in [0.1, 0.15) is 12.3 Å². The second-order valence-electron chi connectivity index (χ2n) is 5.56.